The average molecular weight is 455 g/mol. The molecule has 0 saturated carbocycles. The number of aromatic amines is 1. The van der Waals surface area contributed by atoms with Gasteiger partial charge in [-0.2, -0.15) is 0 Å². The van der Waals surface area contributed by atoms with Gasteiger partial charge in [-0.25, -0.2) is 4.68 Å². The van der Waals surface area contributed by atoms with Gasteiger partial charge >= 0.3 is 5.97 Å². The fraction of sp³-hybridized carbons (Fsp3) is 0.304. The number of H-pyrrole nitrogens is 1. The van der Waals surface area contributed by atoms with Gasteiger partial charge in [0.2, 0.25) is 5.91 Å². The fourth-order valence-corrected chi connectivity index (χ4v) is 3.40. The van der Waals surface area contributed by atoms with E-state index < -0.39 is 23.0 Å². The lowest BCUT2D eigenvalue weighted by molar-refractivity contribution is -0.147. The van der Waals surface area contributed by atoms with Crippen molar-refractivity contribution in [1.82, 2.24) is 14.7 Å². The highest BCUT2D eigenvalue weighted by Crippen LogP contribution is 2.23. The minimum Gasteiger partial charge on any atom is -0.497 e. The zero-order chi connectivity index (χ0) is 24.0. The third-order valence-corrected chi connectivity index (χ3v) is 5.12. The number of rotatable bonds is 9. The number of aromatic nitrogens is 2. The molecule has 1 amide bonds. The second kappa shape index (κ2) is 10.5. The first-order chi connectivity index (χ1) is 15.9. The van der Waals surface area contributed by atoms with Crippen molar-refractivity contribution in [3.8, 4) is 11.5 Å². The number of methoxy groups -OCH3 is 3. The molecule has 1 N–H and O–H groups in total. The summed E-state index contributed by atoms with van der Waals surface area (Å²) in [5, 5.41) is 3.05. The first kappa shape index (κ1) is 23.6. The molecular formula is C23H25N3O7. The molecule has 3 aromatic rings. The Hall–Kier alpha value is -4.08. The third-order valence-electron chi connectivity index (χ3n) is 5.12. The van der Waals surface area contributed by atoms with Crippen LogP contribution in [0.25, 0.3) is 10.8 Å². The number of nitrogens with zero attached hydrogens (tertiary/aromatic N) is 2. The van der Waals surface area contributed by atoms with Crippen LogP contribution in [0.2, 0.25) is 0 Å². The summed E-state index contributed by atoms with van der Waals surface area (Å²) in [5.74, 6) is 0.0859. The summed E-state index contributed by atoms with van der Waals surface area (Å²) in [4.78, 5) is 51.2. The SMILES string of the molecule is COC(=O)CN(Cc1cc(OC)cc(OC)c1)C(=O)CCn1[nH]c(=O)c2ccccc2c1=O. The van der Waals surface area contributed by atoms with Crippen molar-refractivity contribution in [1.29, 1.82) is 0 Å². The summed E-state index contributed by atoms with van der Waals surface area (Å²) in [6.07, 6.45) is -0.119. The summed E-state index contributed by atoms with van der Waals surface area (Å²) < 4.78 is 16.3. The lowest BCUT2D eigenvalue weighted by Crippen LogP contribution is -2.37. The normalized spacial score (nSPS) is 10.6. The minimum atomic E-state index is -0.588. The minimum absolute atomic E-state index is 0.0587. The van der Waals surface area contributed by atoms with E-state index in [4.69, 9.17) is 14.2 Å². The molecule has 2 aromatic carbocycles. The van der Waals surface area contributed by atoms with Gasteiger partial charge in [0, 0.05) is 19.0 Å². The van der Waals surface area contributed by atoms with Crippen molar-refractivity contribution in [3.63, 3.8) is 0 Å². The number of carbonyl (C=O) groups excluding carboxylic acids is 2. The van der Waals surface area contributed by atoms with Gasteiger partial charge in [-0.1, -0.05) is 12.1 Å². The Morgan fingerprint density at radius 3 is 2.21 bits per heavy atom. The maximum absolute atomic E-state index is 13.0. The van der Waals surface area contributed by atoms with Crippen molar-refractivity contribution in [2.24, 2.45) is 0 Å². The van der Waals surface area contributed by atoms with Crippen LogP contribution in [0.3, 0.4) is 0 Å². The van der Waals surface area contributed by atoms with E-state index in [0.29, 0.717) is 17.1 Å². The topological polar surface area (TPSA) is 120 Å². The molecule has 0 aliphatic heterocycles. The largest absolute Gasteiger partial charge is 0.497 e. The molecule has 3 rings (SSSR count). The van der Waals surface area contributed by atoms with E-state index in [-0.39, 0.29) is 36.8 Å². The van der Waals surface area contributed by atoms with Crippen molar-refractivity contribution < 1.29 is 23.8 Å². The highest BCUT2D eigenvalue weighted by molar-refractivity contribution is 5.82. The number of nitrogens with one attached hydrogen (secondary N) is 1. The zero-order valence-corrected chi connectivity index (χ0v) is 18.6. The van der Waals surface area contributed by atoms with Crippen LogP contribution in [0.1, 0.15) is 12.0 Å². The molecule has 0 atom stereocenters. The lowest BCUT2D eigenvalue weighted by Gasteiger charge is -2.22. The summed E-state index contributed by atoms with van der Waals surface area (Å²) in [7, 11) is 4.26. The monoisotopic (exact) mass is 455 g/mol. The molecule has 10 nitrogen and oxygen atoms in total. The Kier molecular flexibility index (Phi) is 7.50. The first-order valence-corrected chi connectivity index (χ1v) is 10.1. The quantitative estimate of drug-likeness (QED) is 0.483. The summed E-state index contributed by atoms with van der Waals surface area (Å²) in [5.41, 5.74) is -0.151. The van der Waals surface area contributed by atoms with Crippen molar-refractivity contribution in [2.45, 2.75) is 19.5 Å². The second-order valence-electron chi connectivity index (χ2n) is 7.24. The van der Waals surface area contributed by atoms with Gasteiger partial charge < -0.3 is 19.1 Å². The second-order valence-corrected chi connectivity index (χ2v) is 7.24. The summed E-state index contributed by atoms with van der Waals surface area (Å²) >= 11 is 0. The predicted octanol–water partition coefficient (Wildman–Crippen LogP) is 1.30. The molecule has 0 bridgehead atoms. The van der Waals surface area contributed by atoms with E-state index in [9.17, 15) is 19.2 Å². The van der Waals surface area contributed by atoms with Crippen LogP contribution in [0.4, 0.5) is 0 Å². The van der Waals surface area contributed by atoms with E-state index in [1.807, 2.05) is 0 Å². The highest BCUT2D eigenvalue weighted by atomic mass is 16.5. The van der Waals surface area contributed by atoms with Gasteiger partial charge in [0.15, 0.2) is 0 Å². The van der Waals surface area contributed by atoms with Crippen LogP contribution in [-0.2, 0) is 27.4 Å². The predicted molar refractivity (Wildman–Crippen MR) is 120 cm³/mol. The summed E-state index contributed by atoms with van der Waals surface area (Å²) in [6, 6.07) is 11.6. The van der Waals surface area contributed by atoms with Crippen LogP contribution < -0.4 is 20.6 Å². The third kappa shape index (κ3) is 5.59. The van der Waals surface area contributed by atoms with E-state index in [0.717, 1.165) is 4.68 Å². The molecule has 0 unspecified atom stereocenters. The Balaban J connectivity index is 1.82. The molecule has 33 heavy (non-hydrogen) atoms. The Morgan fingerprint density at radius 2 is 1.61 bits per heavy atom. The molecule has 10 heteroatoms. The van der Waals surface area contributed by atoms with Crippen molar-refractivity contribution >= 4 is 22.6 Å². The average Bonchev–Trinajstić information content (AvgIpc) is 2.84. The molecule has 1 aromatic heterocycles. The van der Waals surface area contributed by atoms with Crippen LogP contribution >= 0.6 is 0 Å². The van der Waals surface area contributed by atoms with E-state index >= 15 is 0 Å². The molecule has 0 radical (unpaired) electrons. The number of aryl methyl sites for hydroxylation is 1. The molecule has 0 aliphatic carbocycles. The maximum Gasteiger partial charge on any atom is 0.325 e. The van der Waals surface area contributed by atoms with Crippen LogP contribution in [0.15, 0.2) is 52.1 Å². The smallest absolute Gasteiger partial charge is 0.325 e. The molecule has 174 valence electrons. The highest BCUT2D eigenvalue weighted by Gasteiger charge is 2.19. The van der Waals surface area contributed by atoms with E-state index in [1.54, 1.807) is 42.5 Å². The Bertz CT molecular complexity index is 1260. The van der Waals surface area contributed by atoms with Crippen LogP contribution in [-0.4, -0.2) is 54.4 Å². The maximum atomic E-state index is 13.0. The number of fused-ring (bicyclic) bond motifs is 1. The Morgan fingerprint density at radius 1 is 0.970 bits per heavy atom. The van der Waals surface area contributed by atoms with Crippen molar-refractivity contribution in [2.75, 3.05) is 27.9 Å². The molecule has 0 fully saturated rings. The Labute approximate surface area is 189 Å². The number of benzene rings is 2. The molecular weight excluding hydrogens is 430 g/mol. The zero-order valence-electron chi connectivity index (χ0n) is 18.6. The number of hydrogen-bond acceptors (Lipinski definition) is 7. The number of hydrogen-bond donors (Lipinski definition) is 1. The van der Waals surface area contributed by atoms with E-state index in [2.05, 4.69) is 5.10 Å². The molecule has 1 heterocycles. The summed E-state index contributed by atoms with van der Waals surface area (Å²) in [6.45, 7) is -0.251. The van der Waals surface area contributed by atoms with Gasteiger partial charge in [-0.3, -0.25) is 24.3 Å². The van der Waals surface area contributed by atoms with Gasteiger partial charge in [0.25, 0.3) is 11.1 Å². The van der Waals surface area contributed by atoms with Gasteiger partial charge in [0.1, 0.15) is 18.0 Å². The molecule has 0 spiro atoms. The van der Waals surface area contributed by atoms with Gasteiger partial charge in [0.05, 0.1) is 38.6 Å². The lowest BCUT2D eigenvalue weighted by atomic mass is 10.1. The van der Waals surface area contributed by atoms with Crippen LogP contribution in [0.5, 0.6) is 11.5 Å². The number of carbonyl (C=O) groups is 2. The van der Waals surface area contributed by atoms with Gasteiger partial charge in [-0.15, -0.1) is 0 Å². The van der Waals surface area contributed by atoms with E-state index in [1.165, 1.54) is 26.2 Å². The van der Waals surface area contributed by atoms with Gasteiger partial charge in [-0.05, 0) is 29.8 Å². The first-order valence-electron chi connectivity index (χ1n) is 10.1. The van der Waals surface area contributed by atoms with Crippen molar-refractivity contribution in [3.05, 3.63) is 68.7 Å². The number of esters is 1. The molecule has 0 saturated heterocycles. The molecule has 0 aliphatic rings. The number of ether oxygens (including phenoxy) is 3. The standard InChI is InChI=1S/C23H25N3O7/c1-31-16-10-15(11-17(12-16)32-2)13-25(14-21(28)33-3)20(27)8-9-26-23(30)19-7-5-4-6-18(19)22(29)24-26/h4-7,10-12H,8-9,13-14H2,1-3H3,(H,24,29). The van der Waals surface area contributed by atoms with Crippen LogP contribution in [0, 0.1) is 0 Å². The fourth-order valence-electron chi connectivity index (χ4n) is 3.40. The number of amides is 1.